The van der Waals surface area contributed by atoms with Gasteiger partial charge in [0, 0.05) is 18.3 Å². The topological polar surface area (TPSA) is 15.3 Å². The van der Waals surface area contributed by atoms with Crippen molar-refractivity contribution in [2.75, 3.05) is 38.7 Å². The predicted molar refractivity (Wildman–Crippen MR) is 66.1 cm³/mol. The fraction of sp³-hybridized carbons (Fsp3) is 1.00. The molecule has 0 saturated heterocycles. The summed E-state index contributed by atoms with van der Waals surface area (Å²) >= 11 is 1.94. The molecule has 2 atom stereocenters. The maximum absolute atomic E-state index is 3.46. The molecule has 1 saturated carbocycles. The lowest BCUT2D eigenvalue weighted by Crippen LogP contribution is -2.49. The van der Waals surface area contributed by atoms with Crippen LogP contribution in [-0.4, -0.2) is 49.6 Å². The summed E-state index contributed by atoms with van der Waals surface area (Å²) in [6, 6.07) is 0.848. The van der Waals surface area contributed by atoms with Crippen LogP contribution in [-0.2, 0) is 0 Å². The molecule has 1 fully saturated rings. The van der Waals surface area contributed by atoms with Gasteiger partial charge in [-0.3, -0.25) is 0 Å². The smallest absolute Gasteiger partial charge is 0.0133 e. The molecule has 0 aromatic carbocycles. The van der Waals surface area contributed by atoms with Crippen LogP contribution in [0.3, 0.4) is 0 Å². The summed E-state index contributed by atoms with van der Waals surface area (Å²) in [5.41, 5.74) is 0. The Morgan fingerprint density at radius 3 is 2.71 bits per heavy atom. The van der Waals surface area contributed by atoms with Gasteiger partial charge in [0.15, 0.2) is 0 Å². The van der Waals surface area contributed by atoms with E-state index in [-0.39, 0.29) is 0 Å². The summed E-state index contributed by atoms with van der Waals surface area (Å²) in [7, 11) is 2.28. The monoisotopic (exact) mass is 216 g/mol. The van der Waals surface area contributed by atoms with E-state index >= 15 is 0 Å². The van der Waals surface area contributed by atoms with Crippen molar-refractivity contribution < 1.29 is 0 Å². The van der Waals surface area contributed by atoms with Crippen LogP contribution < -0.4 is 5.32 Å². The molecule has 1 N–H and O–H groups in total. The van der Waals surface area contributed by atoms with Gasteiger partial charge in [0.1, 0.15) is 0 Å². The Kier molecular flexibility index (Phi) is 5.90. The molecule has 0 spiro atoms. The molecule has 0 aromatic rings. The van der Waals surface area contributed by atoms with Crippen molar-refractivity contribution in [2.24, 2.45) is 5.92 Å². The first-order valence-corrected chi connectivity index (χ1v) is 7.08. The standard InChI is InChI=1S/C11H24N2S/c1-4-12-9-10-5-6-11(10)13(2)7-8-14-3/h10-12H,4-9H2,1-3H3. The van der Waals surface area contributed by atoms with Gasteiger partial charge in [-0.2, -0.15) is 11.8 Å². The minimum Gasteiger partial charge on any atom is -0.317 e. The van der Waals surface area contributed by atoms with Crippen LogP contribution in [0, 0.1) is 5.92 Å². The van der Waals surface area contributed by atoms with Gasteiger partial charge in [0.05, 0.1) is 0 Å². The third-order valence-corrected chi connectivity index (χ3v) is 3.84. The highest BCUT2D eigenvalue weighted by Crippen LogP contribution is 2.30. The molecule has 2 unspecified atom stereocenters. The van der Waals surface area contributed by atoms with Gasteiger partial charge in [0.2, 0.25) is 0 Å². The Balaban J connectivity index is 2.16. The molecule has 0 aromatic heterocycles. The first-order chi connectivity index (χ1) is 6.79. The van der Waals surface area contributed by atoms with Gasteiger partial charge < -0.3 is 10.2 Å². The van der Waals surface area contributed by atoms with Crippen molar-refractivity contribution in [1.29, 1.82) is 0 Å². The molecular weight excluding hydrogens is 192 g/mol. The van der Waals surface area contributed by atoms with E-state index in [1.807, 2.05) is 11.8 Å². The Morgan fingerprint density at radius 2 is 2.21 bits per heavy atom. The Labute approximate surface area is 92.8 Å². The Bertz CT molecular complexity index is 142. The maximum atomic E-state index is 3.46. The molecule has 0 bridgehead atoms. The summed E-state index contributed by atoms with van der Waals surface area (Å²) in [6.45, 7) is 5.75. The largest absolute Gasteiger partial charge is 0.317 e. The minimum atomic E-state index is 0.848. The number of nitrogens with zero attached hydrogens (tertiary/aromatic N) is 1. The molecule has 14 heavy (non-hydrogen) atoms. The highest BCUT2D eigenvalue weighted by Gasteiger charge is 2.32. The summed E-state index contributed by atoms with van der Waals surface area (Å²) < 4.78 is 0. The lowest BCUT2D eigenvalue weighted by atomic mass is 9.78. The SMILES string of the molecule is CCNCC1CCC1N(C)CCSC. The van der Waals surface area contributed by atoms with Crippen LogP contribution >= 0.6 is 11.8 Å². The zero-order valence-corrected chi connectivity index (χ0v) is 10.6. The number of rotatable bonds is 7. The third-order valence-electron chi connectivity index (χ3n) is 3.25. The van der Waals surface area contributed by atoms with Gasteiger partial charge in [-0.1, -0.05) is 6.92 Å². The van der Waals surface area contributed by atoms with Gasteiger partial charge in [0.25, 0.3) is 0 Å². The fourth-order valence-electron chi connectivity index (χ4n) is 2.10. The molecule has 84 valence electrons. The highest BCUT2D eigenvalue weighted by molar-refractivity contribution is 7.98. The van der Waals surface area contributed by atoms with Crippen molar-refractivity contribution in [1.82, 2.24) is 10.2 Å². The number of thioether (sulfide) groups is 1. The average Bonchev–Trinajstić information content (AvgIpc) is 2.13. The second-order valence-electron chi connectivity index (χ2n) is 4.19. The summed E-state index contributed by atoms with van der Waals surface area (Å²) in [5.74, 6) is 2.17. The van der Waals surface area contributed by atoms with E-state index in [2.05, 4.69) is 30.4 Å². The van der Waals surface area contributed by atoms with Crippen molar-refractivity contribution >= 4 is 11.8 Å². The van der Waals surface area contributed by atoms with Crippen LogP contribution in [0.15, 0.2) is 0 Å². The fourth-order valence-corrected chi connectivity index (χ4v) is 2.57. The van der Waals surface area contributed by atoms with E-state index in [0.29, 0.717) is 0 Å². The van der Waals surface area contributed by atoms with E-state index in [4.69, 9.17) is 0 Å². The minimum absolute atomic E-state index is 0.848. The maximum Gasteiger partial charge on any atom is 0.0133 e. The van der Waals surface area contributed by atoms with E-state index in [0.717, 1.165) is 18.5 Å². The molecule has 1 aliphatic carbocycles. The van der Waals surface area contributed by atoms with Crippen LogP contribution in [0.1, 0.15) is 19.8 Å². The third kappa shape index (κ3) is 3.44. The molecule has 2 nitrogen and oxygen atoms in total. The Hall–Kier alpha value is 0.270. The zero-order chi connectivity index (χ0) is 10.4. The van der Waals surface area contributed by atoms with E-state index < -0.39 is 0 Å². The van der Waals surface area contributed by atoms with Crippen molar-refractivity contribution in [3.8, 4) is 0 Å². The molecule has 3 heteroatoms. The van der Waals surface area contributed by atoms with Gasteiger partial charge in [-0.05, 0) is 45.2 Å². The summed E-state index contributed by atoms with van der Waals surface area (Å²) in [6.07, 6.45) is 5.01. The molecule has 0 heterocycles. The number of hydrogen-bond donors (Lipinski definition) is 1. The quantitative estimate of drug-likeness (QED) is 0.697. The Morgan fingerprint density at radius 1 is 1.43 bits per heavy atom. The molecule has 0 radical (unpaired) electrons. The highest BCUT2D eigenvalue weighted by atomic mass is 32.2. The van der Waals surface area contributed by atoms with E-state index in [9.17, 15) is 0 Å². The number of nitrogens with one attached hydrogen (secondary N) is 1. The average molecular weight is 216 g/mol. The molecule has 0 aliphatic heterocycles. The first-order valence-electron chi connectivity index (χ1n) is 5.69. The first kappa shape index (κ1) is 12.3. The summed E-state index contributed by atoms with van der Waals surface area (Å²) in [5, 5.41) is 3.46. The second-order valence-corrected chi connectivity index (χ2v) is 5.17. The van der Waals surface area contributed by atoms with Gasteiger partial charge in [-0.25, -0.2) is 0 Å². The van der Waals surface area contributed by atoms with Gasteiger partial charge >= 0.3 is 0 Å². The summed E-state index contributed by atoms with van der Waals surface area (Å²) in [4.78, 5) is 2.54. The molecular formula is C11H24N2S. The van der Waals surface area contributed by atoms with Crippen molar-refractivity contribution in [3.05, 3.63) is 0 Å². The normalized spacial score (nSPS) is 26.6. The molecule has 0 amide bonds. The molecule has 1 aliphatic rings. The number of hydrogen-bond acceptors (Lipinski definition) is 3. The predicted octanol–water partition coefficient (Wildman–Crippen LogP) is 1.67. The second kappa shape index (κ2) is 6.70. The lowest BCUT2D eigenvalue weighted by molar-refractivity contribution is 0.0897. The van der Waals surface area contributed by atoms with Gasteiger partial charge in [-0.15, -0.1) is 0 Å². The zero-order valence-electron chi connectivity index (χ0n) is 9.75. The lowest BCUT2D eigenvalue weighted by Gasteiger charge is -2.43. The van der Waals surface area contributed by atoms with Crippen LogP contribution in [0.4, 0.5) is 0 Å². The van der Waals surface area contributed by atoms with E-state index in [1.165, 1.54) is 31.7 Å². The van der Waals surface area contributed by atoms with Crippen LogP contribution in [0.5, 0.6) is 0 Å². The van der Waals surface area contributed by atoms with Crippen LogP contribution in [0.2, 0.25) is 0 Å². The molecule has 1 rings (SSSR count). The van der Waals surface area contributed by atoms with Crippen molar-refractivity contribution in [3.63, 3.8) is 0 Å². The van der Waals surface area contributed by atoms with Crippen LogP contribution in [0.25, 0.3) is 0 Å². The van der Waals surface area contributed by atoms with Crippen molar-refractivity contribution in [2.45, 2.75) is 25.8 Å². The van der Waals surface area contributed by atoms with E-state index in [1.54, 1.807) is 0 Å².